The van der Waals surface area contributed by atoms with Gasteiger partial charge < -0.3 is 5.32 Å². The van der Waals surface area contributed by atoms with Crippen LogP contribution in [0.25, 0.3) is 0 Å². The minimum Gasteiger partial charge on any atom is -0.326 e. The fraction of sp³-hybridized carbons (Fsp3) is 0.562. The van der Waals surface area contributed by atoms with E-state index in [4.69, 9.17) is 0 Å². The number of anilines is 1. The molecule has 1 aromatic rings. The second-order valence-electron chi connectivity index (χ2n) is 5.40. The van der Waals surface area contributed by atoms with Crippen LogP contribution in [-0.4, -0.2) is 29.9 Å². The fourth-order valence-corrected chi connectivity index (χ4v) is 3.25. The summed E-state index contributed by atoms with van der Waals surface area (Å²) in [4.78, 5) is 14.5. The minimum absolute atomic E-state index is 0.100. The zero-order valence-electron chi connectivity index (χ0n) is 12.1. The largest absolute Gasteiger partial charge is 0.326 e. The average molecular weight is 339 g/mol. The first-order chi connectivity index (χ1) is 9.69. The Morgan fingerprint density at radius 3 is 3.05 bits per heavy atom. The van der Waals surface area contributed by atoms with Crippen LogP contribution in [0.1, 0.15) is 39.0 Å². The number of benzene rings is 1. The van der Waals surface area contributed by atoms with Crippen LogP contribution in [0.2, 0.25) is 0 Å². The summed E-state index contributed by atoms with van der Waals surface area (Å²) >= 11 is 3.41. The van der Waals surface area contributed by atoms with Gasteiger partial charge in [0.25, 0.3) is 0 Å². The normalized spacial score (nSPS) is 19.8. The molecule has 1 unspecified atom stereocenters. The Bertz CT molecular complexity index is 450. The molecule has 0 saturated carbocycles. The first kappa shape index (κ1) is 15.5. The molecule has 1 N–H and O–H groups in total. The predicted octanol–water partition coefficient (Wildman–Crippen LogP) is 4.04. The highest BCUT2D eigenvalue weighted by atomic mass is 79.9. The van der Waals surface area contributed by atoms with Gasteiger partial charge in [-0.15, -0.1) is 0 Å². The van der Waals surface area contributed by atoms with Crippen molar-refractivity contribution in [3.8, 4) is 0 Å². The Hall–Kier alpha value is -0.870. The standard InChI is InChI=1S/C16H23BrN2O/c1-2-15-8-3-4-10-19(15)11-9-16(20)18-14-7-5-6-13(17)12-14/h5-7,12,15H,2-4,8-11H2,1H3,(H,18,20). The maximum atomic E-state index is 12.0. The summed E-state index contributed by atoms with van der Waals surface area (Å²) in [5.74, 6) is 0.100. The highest BCUT2D eigenvalue weighted by Gasteiger charge is 2.20. The van der Waals surface area contributed by atoms with Crippen molar-refractivity contribution in [1.82, 2.24) is 4.90 Å². The van der Waals surface area contributed by atoms with Gasteiger partial charge in [-0.1, -0.05) is 35.3 Å². The minimum atomic E-state index is 0.100. The third-order valence-corrected chi connectivity index (χ3v) is 4.45. The summed E-state index contributed by atoms with van der Waals surface area (Å²) in [6.07, 6.45) is 5.64. The number of amides is 1. The molecule has 1 aliphatic heterocycles. The van der Waals surface area contributed by atoms with E-state index in [-0.39, 0.29) is 5.91 Å². The average Bonchev–Trinajstić information content (AvgIpc) is 2.45. The van der Waals surface area contributed by atoms with Crippen molar-refractivity contribution in [1.29, 1.82) is 0 Å². The van der Waals surface area contributed by atoms with E-state index in [1.165, 1.54) is 25.7 Å². The molecule has 4 heteroatoms. The Labute approximate surface area is 129 Å². The van der Waals surface area contributed by atoms with Crippen molar-refractivity contribution in [2.24, 2.45) is 0 Å². The molecule has 1 heterocycles. The van der Waals surface area contributed by atoms with Crippen molar-refractivity contribution < 1.29 is 4.79 Å². The molecule has 1 aromatic carbocycles. The second-order valence-corrected chi connectivity index (χ2v) is 6.32. The number of halogens is 1. The van der Waals surface area contributed by atoms with Crippen LogP contribution in [0.3, 0.4) is 0 Å². The number of carbonyl (C=O) groups excluding carboxylic acids is 1. The van der Waals surface area contributed by atoms with E-state index in [2.05, 4.69) is 33.1 Å². The van der Waals surface area contributed by atoms with E-state index in [9.17, 15) is 4.79 Å². The molecule has 1 atom stereocenters. The van der Waals surface area contributed by atoms with Gasteiger partial charge in [0.05, 0.1) is 0 Å². The van der Waals surface area contributed by atoms with Gasteiger partial charge >= 0.3 is 0 Å². The summed E-state index contributed by atoms with van der Waals surface area (Å²) in [5.41, 5.74) is 0.857. The molecular formula is C16H23BrN2O. The third kappa shape index (κ3) is 4.60. The van der Waals surface area contributed by atoms with Gasteiger partial charge in [0.2, 0.25) is 5.91 Å². The quantitative estimate of drug-likeness (QED) is 0.878. The van der Waals surface area contributed by atoms with Crippen LogP contribution < -0.4 is 5.32 Å². The summed E-state index contributed by atoms with van der Waals surface area (Å²) in [5, 5.41) is 2.96. The molecule has 0 bridgehead atoms. The molecule has 3 nitrogen and oxygen atoms in total. The van der Waals surface area contributed by atoms with E-state index in [1.54, 1.807) is 0 Å². The number of piperidine rings is 1. The van der Waals surface area contributed by atoms with E-state index < -0.39 is 0 Å². The van der Waals surface area contributed by atoms with Crippen molar-refractivity contribution >= 4 is 27.5 Å². The topological polar surface area (TPSA) is 32.3 Å². The fourth-order valence-electron chi connectivity index (χ4n) is 2.85. The molecule has 20 heavy (non-hydrogen) atoms. The molecule has 0 aromatic heterocycles. The lowest BCUT2D eigenvalue weighted by molar-refractivity contribution is -0.116. The van der Waals surface area contributed by atoms with Gasteiger partial charge in [-0.05, 0) is 44.0 Å². The summed E-state index contributed by atoms with van der Waals surface area (Å²) < 4.78 is 0.984. The third-order valence-electron chi connectivity index (χ3n) is 3.95. The van der Waals surface area contributed by atoms with Crippen LogP contribution in [0.15, 0.2) is 28.7 Å². The maximum Gasteiger partial charge on any atom is 0.225 e. The lowest BCUT2D eigenvalue weighted by Gasteiger charge is -2.35. The predicted molar refractivity (Wildman–Crippen MR) is 86.9 cm³/mol. The Morgan fingerprint density at radius 1 is 1.45 bits per heavy atom. The van der Waals surface area contributed by atoms with Gasteiger partial charge in [-0.3, -0.25) is 9.69 Å². The van der Waals surface area contributed by atoms with E-state index in [0.29, 0.717) is 12.5 Å². The first-order valence-electron chi connectivity index (χ1n) is 7.48. The van der Waals surface area contributed by atoms with Crippen molar-refractivity contribution in [3.05, 3.63) is 28.7 Å². The van der Waals surface area contributed by atoms with Crippen LogP contribution in [0, 0.1) is 0 Å². The summed E-state index contributed by atoms with van der Waals surface area (Å²) in [6.45, 7) is 4.26. The van der Waals surface area contributed by atoms with Gasteiger partial charge in [0.15, 0.2) is 0 Å². The Balaban J connectivity index is 1.79. The zero-order chi connectivity index (χ0) is 14.4. The van der Waals surface area contributed by atoms with E-state index in [0.717, 1.165) is 23.2 Å². The van der Waals surface area contributed by atoms with Crippen molar-refractivity contribution in [2.75, 3.05) is 18.4 Å². The Morgan fingerprint density at radius 2 is 2.30 bits per heavy atom. The molecule has 1 aliphatic rings. The lowest BCUT2D eigenvalue weighted by atomic mass is 10.00. The van der Waals surface area contributed by atoms with Crippen molar-refractivity contribution in [2.45, 2.75) is 45.1 Å². The van der Waals surface area contributed by atoms with Crippen LogP contribution in [0.5, 0.6) is 0 Å². The number of rotatable bonds is 5. The maximum absolute atomic E-state index is 12.0. The monoisotopic (exact) mass is 338 g/mol. The number of nitrogens with zero attached hydrogens (tertiary/aromatic N) is 1. The molecule has 2 rings (SSSR count). The van der Waals surface area contributed by atoms with Gasteiger partial charge in [-0.2, -0.15) is 0 Å². The van der Waals surface area contributed by atoms with Gasteiger partial charge in [0.1, 0.15) is 0 Å². The molecule has 1 saturated heterocycles. The van der Waals surface area contributed by atoms with Crippen LogP contribution >= 0.6 is 15.9 Å². The smallest absolute Gasteiger partial charge is 0.225 e. The lowest BCUT2D eigenvalue weighted by Crippen LogP contribution is -2.40. The molecule has 0 spiro atoms. The number of likely N-dealkylation sites (tertiary alicyclic amines) is 1. The number of hydrogen-bond donors (Lipinski definition) is 1. The van der Waals surface area contributed by atoms with E-state index in [1.807, 2.05) is 24.3 Å². The molecule has 0 aliphatic carbocycles. The zero-order valence-corrected chi connectivity index (χ0v) is 13.7. The first-order valence-corrected chi connectivity index (χ1v) is 8.28. The molecule has 110 valence electrons. The van der Waals surface area contributed by atoms with Gasteiger partial charge in [-0.25, -0.2) is 0 Å². The highest BCUT2D eigenvalue weighted by molar-refractivity contribution is 9.10. The SMILES string of the molecule is CCC1CCCCN1CCC(=O)Nc1cccc(Br)c1. The number of hydrogen-bond acceptors (Lipinski definition) is 2. The number of nitrogens with one attached hydrogen (secondary N) is 1. The van der Waals surface area contributed by atoms with Crippen LogP contribution in [-0.2, 0) is 4.79 Å². The van der Waals surface area contributed by atoms with Crippen LogP contribution in [0.4, 0.5) is 5.69 Å². The Kier molecular flexibility index (Phi) is 6.05. The summed E-state index contributed by atoms with van der Waals surface area (Å²) in [6, 6.07) is 8.39. The van der Waals surface area contributed by atoms with Gasteiger partial charge in [0, 0.05) is 29.2 Å². The molecule has 1 amide bonds. The highest BCUT2D eigenvalue weighted by Crippen LogP contribution is 2.20. The molecule has 1 fully saturated rings. The molecular weight excluding hydrogens is 316 g/mol. The summed E-state index contributed by atoms with van der Waals surface area (Å²) in [7, 11) is 0. The number of carbonyl (C=O) groups is 1. The molecule has 0 radical (unpaired) electrons. The van der Waals surface area contributed by atoms with Crippen molar-refractivity contribution in [3.63, 3.8) is 0 Å². The van der Waals surface area contributed by atoms with E-state index >= 15 is 0 Å². The second kappa shape index (κ2) is 7.79.